The van der Waals surface area contributed by atoms with Crippen molar-refractivity contribution in [2.24, 2.45) is 17.6 Å². The molecule has 3 aliphatic carbocycles. The Balaban J connectivity index is 1.63. The van der Waals surface area contributed by atoms with Gasteiger partial charge >= 0.3 is 0 Å². The van der Waals surface area contributed by atoms with E-state index >= 15 is 0 Å². The van der Waals surface area contributed by atoms with Crippen molar-refractivity contribution in [3.05, 3.63) is 76.2 Å². The van der Waals surface area contributed by atoms with Gasteiger partial charge in [-0.05, 0) is 61.4 Å². The molecule has 0 radical (unpaired) electrons. The van der Waals surface area contributed by atoms with Crippen LogP contribution in [0.15, 0.2) is 59.5 Å². The molecule has 0 aliphatic heterocycles. The van der Waals surface area contributed by atoms with Gasteiger partial charge in [-0.25, -0.2) is 0 Å². The Hall–Kier alpha value is -4.54. The Morgan fingerprint density at radius 2 is 1.73 bits per heavy atom. The maximum Gasteiger partial charge on any atom is 0.255 e. The van der Waals surface area contributed by atoms with Gasteiger partial charge in [-0.3, -0.25) is 24.3 Å². The summed E-state index contributed by atoms with van der Waals surface area (Å²) < 4.78 is 0. The Kier molecular flexibility index (Phi) is 6.53. The van der Waals surface area contributed by atoms with E-state index in [-0.39, 0.29) is 29.7 Å². The summed E-state index contributed by atoms with van der Waals surface area (Å²) in [6, 6.07) is 10.4. The van der Waals surface area contributed by atoms with E-state index in [4.69, 9.17) is 10.7 Å². The number of rotatable bonds is 3. The van der Waals surface area contributed by atoms with Crippen LogP contribution in [0.3, 0.4) is 0 Å². The van der Waals surface area contributed by atoms with E-state index in [1.165, 1.54) is 4.90 Å². The summed E-state index contributed by atoms with van der Waals surface area (Å²) in [6.07, 6.45) is 1.95. The molecule has 1 heterocycles. The third-order valence-corrected chi connectivity index (χ3v) is 9.44. The number of ketones is 2. The first-order valence-corrected chi connectivity index (χ1v) is 14.5. The molecular weight excluding hydrogens is 562 g/mol. The van der Waals surface area contributed by atoms with E-state index < -0.39 is 63.5 Å². The largest absolute Gasteiger partial charge is 0.508 e. The first-order chi connectivity index (χ1) is 20.6. The lowest BCUT2D eigenvalue weighted by atomic mass is 9.57. The number of hydrogen-bond acceptors (Lipinski definition) is 9. The standard InChI is InChI=1S/C34H35N3O7/c1-33(2,3)21-13-18(22-12-15-8-6-7-9-16(15)14-36-22)19-10-17-11-20-26(37(4)5)29(40)25(32(35)43)31(42)34(20,44)30(41)23(17)28(39)24(19)27(21)38/h6-9,12-14,17,20,26,38-39,42,44H,10-11H2,1-5H3,(H2,35,43). The molecule has 4 atom stereocenters. The van der Waals surface area contributed by atoms with Crippen LogP contribution < -0.4 is 5.73 Å². The molecule has 44 heavy (non-hydrogen) atoms. The minimum absolute atomic E-state index is 0.0120. The summed E-state index contributed by atoms with van der Waals surface area (Å²) in [5.41, 5.74) is 3.57. The molecule has 3 aliphatic rings. The number of aliphatic hydroxyl groups excluding tert-OH is 2. The molecule has 1 fully saturated rings. The molecule has 228 valence electrons. The first kappa shape index (κ1) is 29.5. The number of aliphatic hydroxyl groups is 3. The first-order valence-electron chi connectivity index (χ1n) is 14.5. The van der Waals surface area contributed by atoms with Crippen LogP contribution in [0, 0.1) is 11.8 Å². The van der Waals surface area contributed by atoms with Gasteiger partial charge in [0.15, 0.2) is 11.4 Å². The van der Waals surface area contributed by atoms with Gasteiger partial charge in [-0.2, -0.15) is 0 Å². The summed E-state index contributed by atoms with van der Waals surface area (Å²) in [6.45, 7) is 5.74. The van der Waals surface area contributed by atoms with Crippen LogP contribution in [0.1, 0.15) is 43.9 Å². The SMILES string of the molecule is CN(C)C1C(=O)C(C(N)=O)=C(O)C2(O)C(=O)C3=C(O)c4c(O)c(C(C)(C)C)cc(-c5cc6ccccc6cn5)c4CC3CC12. The summed E-state index contributed by atoms with van der Waals surface area (Å²) in [4.78, 5) is 46.1. The predicted octanol–water partition coefficient (Wildman–Crippen LogP) is 3.48. The molecule has 6 rings (SSSR count). The topological polar surface area (TPSA) is 174 Å². The van der Waals surface area contributed by atoms with E-state index in [0.717, 1.165) is 10.8 Å². The van der Waals surface area contributed by atoms with Gasteiger partial charge < -0.3 is 26.2 Å². The second kappa shape index (κ2) is 9.73. The molecule has 1 amide bonds. The normalized spacial score (nSPS) is 25.3. The molecule has 0 saturated heterocycles. The molecule has 1 saturated carbocycles. The molecule has 10 heteroatoms. The minimum atomic E-state index is -2.69. The van der Waals surface area contributed by atoms with Crippen molar-refractivity contribution in [2.75, 3.05) is 14.1 Å². The van der Waals surface area contributed by atoms with Crippen LogP contribution in [0.25, 0.3) is 27.8 Å². The number of benzene rings is 2. The Morgan fingerprint density at radius 1 is 1.07 bits per heavy atom. The van der Waals surface area contributed by atoms with Crippen LogP contribution in [-0.4, -0.2) is 73.5 Å². The molecular formula is C34H35N3O7. The maximum atomic E-state index is 14.2. The number of carbonyl (C=O) groups excluding carboxylic acids is 3. The third-order valence-electron chi connectivity index (χ3n) is 9.44. The predicted molar refractivity (Wildman–Crippen MR) is 164 cm³/mol. The van der Waals surface area contributed by atoms with Gasteiger partial charge in [0, 0.05) is 34.2 Å². The zero-order chi connectivity index (χ0) is 32.0. The zero-order valence-corrected chi connectivity index (χ0v) is 25.2. The number of carbonyl (C=O) groups is 3. The minimum Gasteiger partial charge on any atom is -0.508 e. The zero-order valence-electron chi connectivity index (χ0n) is 25.2. The van der Waals surface area contributed by atoms with Crippen LogP contribution in [-0.2, 0) is 26.2 Å². The van der Waals surface area contributed by atoms with E-state index in [1.54, 1.807) is 20.3 Å². The van der Waals surface area contributed by atoms with E-state index in [9.17, 15) is 34.8 Å². The van der Waals surface area contributed by atoms with Crippen molar-refractivity contribution in [3.8, 4) is 17.0 Å². The van der Waals surface area contributed by atoms with Crippen molar-refractivity contribution >= 4 is 34.0 Å². The highest BCUT2D eigenvalue weighted by Crippen LogP contribution is 2.54. The fourth-order valence-corrected chi connectivity index (χ4v) is 7.34. The molecule has 4 unspecified atom stereocenters. The summed E-state index contributed by atoms with van der Waals surface area (Å²) in [7, 11) is 3.14. The number of fused-ring (bicyclic) bond motifs is 4. The van der Waals surface area contributed by atoms with Crippen LogP contribution in [0.2, 0.25) is 0 Å². The Morgan fingerprint density at radius 3 is 2.34 bits per heavy atom. The lowest BCUT2D eigenvalue weighted by molar-refractivity contribution is -0.153. The number of pyridine rings is 1. The molecule has 0 spiro atoms. The highest BCUT2D eigenvalue weighted by molar-refractivity contribution is 6.24. The van der Waals surface area contributed by atoms with Crippen molar-refractivity contribution in [1.82, 2.24) is 9.88 Å². The lowest BCUT2D eigenvalue weighted by Gasteiger charge is -2.50. The fraction of sp³-hybridized carbons (Fsp3) is 0.353. The van der Waals surface area contributed by atoms with Gasteiger partial charge in [0.05, 0.1) is 17.3 Å². The smallest absolute Gasteiger partial charge is 0.255 e. The Bertz CT molecular complexity index is 1870. The average molecular weight is 598 g/mol. The van der Waals surface area contributed by atoms with Gasteiger partial charge in [-0.15, -0.1) is 0 Å². The van der Waals surface area contributed by atoms with Gasteiger partial charge in [0.1, 0.15) is 22.8 Å². The van der Waals surface area contributed by atoms with E-state index in [1.807, 2.05) is 57.2 Å². The number of primary amides is 1. The molecule has 0 bridgehead atoms. The van der Waals surface area contributed by atoms with Crippen molar-refractivity contribution < 1.29 is 34.8 Å². The summed E-state index contributed by atoms with van der Waals surface area (Å²) in [5, 5.41) is 48.4. The number of aromatic nitrogens is 1. The molecule has 10 nitrogen and oxygen atoms in total. The van der Waals surface area contributed by atoms with Gasteiger partial charge in [0.2, 0.25) is 5.78 Å². The van der Waals surface area contributed by atoms with Crippen LogP contribution in [0.5, 0.6) is 5.75 Å². The summed E-state index contributed by atoms with van der Waals surface area (Å²) in [5.74, 6) is -6.76. The Labute approximate surface area is 254 Å². The number of phenols is 1. The number of Topliss-reactive ketones (excluding diaryl/α,β-unsaturated/α-hetero) is 2. The summed E-state index contributed by atoms with van der Waals surface area (Å²) >= 11 is 0. The molecule has 3 aromatic rings. The second-order valence-electron chi connectivity index (χ2n) is 13.3. The molecule has 6 N–H and O–H groups in total. The maximum absolute atomic E-state index is 14.2. The number of aromatic hydroxyl groups is 1. The highest BCUT2D eigenvalue weighted by Gasteiger charge is 2.64. The monoisotopic (exact) mass is 597 g/mol. The third kappa shape index (κ3) is 4.01. The quantitative estimate of drug-likeness (QED) is 0.283. The fourth-order valence-electron chi connectivity index (χ4n) is 7.34. The van der Waals surface area contributed by atoms with Crippen molar-refractivity contribution in [1.29, 1.82) is 0 Å². The van der Waals surface area contributed by atoms with E-state index in [2.05, 4.69) is 0 Å². The van der Waals surface area contributed by atoms with Crippen LogP contribution >= 0.6 is 0 Å². The number of hydrogen-bond donors (Lipinski definition) is 5. The number of phenolic OH excluding ortho intramolecular Hbond substituents is 1. The number of nitrogens with zero attached hydrogens (tertiary/aromatic N) is 2. The number of nitrogens with two attached hydrogens (primary N) is 1. The molecule has 2 aromatic carbocycles. The van der Waals surface area contributed by atoms with Crippen LogP contribution in [0.4, 0.5) is 0 Å². The van der Waals surface area contributed by atoms with Crippen molar-refractivity contribution in [2.45, 2.75) is 50.7 Å². The van der Waals surface area contributed by atoms with Gasteiger partial charge in [-0.1, -0.05) is 45.0 Å². The molecule has 1 aromatic heterocycles. The number of amides is 1. The van der Waals surface area contributed by atoms with E-state index in [0.29, 0.717) is 22.4 Å². The van der Waals surface area contributed by atoms with Gasteiger partial charge in [0.25, 0.3) is 5.91 Å². The second-order valence-corrected chi connectivity index (χ2v) is 13.3. The average Bonchev–Trinajstić information content (AvgIpc) is 2.94. The lowest BCUT2D eigenvalue weighted by Crippen LogP contribution is -2.65. The number of likely N-dealkylation sites (N-methyl/N-ethyl adjacent to an activating group) is 1. The van der Waals surface area contributed by atoms with Crippen molar-refractivity contribution in [3.63, 3.8) is 0 Å². The highest BCUT2D eigenvalue weighted by atomic mass is 16.3.